The largest absolute Gasteiger partial charge is 0.334 e. The Labute approximate surface area is 121 Å². The Morgan fingerprint density at radius 3 is 3.10 bits per heavy atom. The maximum Gasteiger partial charge on any atom is 0.246 e. The molecular formula is C13H14ClN5O. The monoisotopic (exact) mass is 291 g/mol. The molecular weight excluding hydrogens is 278 g/mol. The summed E-state index contributed by atoms with van der Waals surface area (Å²) >= 11 is 6.03. The van der Waals surface area contributed by atoms with Crippen molar-refractivity contribution in [2.24, 2.45) is 0 Å². The maximum absolute atomic E-state index is 12.3. The summed E-state index contributed by atoms with van der Waals surface area (Å²) in [6.07, 6.45) is 3.27. The van der Waals surface area contributed by atoms with Crippen LogP contribution in [0, 0.1) is 0 Å². The Morgan fingerprint density at radius 1 is 1.45 bits per heavy atom. The molecule has 6 nitrogen and oxygen atoms in total. The molecule has 1 atom stereocenters. The van der Waals surface area contributed by atoms with Crippen molar-refractivity contribution in [3.05, 3.63) is 41.2 Å². The summed E-state index contributed by atoms with van der Waals surface area (Å²) < 4.78 is 0. The van der Waals surface area contributed by atoms with Crippen LogP contribution in [0.2, 0.25) is 5.02 Å². The minimum absolute atomic E-state index is 0.00507. The highest BCUT2D eigenvalue weighted by Gasteiger charge is 2.30. The number of hydrogen-bond donors (Lipinski definition) is 0. The number of aromatic nitrogens is 4. The number of rotatable bonds is 3. The van der Waals surface area contributed by atoms with Crippen LogP contribution < -0.4 is 0 Å². The molecule has 1 fully saturated rings. The molecule has 20 heavy (non-hydrogen) atoms. The second kappa shape index (κ2) is 5.58. The molecule has 2 aromatic rings. The number of hydrogen-bond acceptors (Lipinski definition) is 4. The number of benzene rings is 1. The normalized spacial score (nSPS) is 18.4. The van der Waals surface area contributed by atoms with Gasteiger partial charge in [0.15, 0.2) is 6.33 Å². The first kappa shape index (κ1) is 13.1. The molecule has 0 aliphatic carbocycles. The molecule has 1 aromatic heterocycles. The highest BCUT2D eigenvalue weighted by Crippen LogP contribution is 2.33. The summed E-state index contributed by atoms with van der Waals surface area (Å²) in [5, 5.41) is 11.9. The zero-order valence-corrected chi connectivity index (χ0v) is 11.6. The van der Waals surface area contributed by atoms with Crippen molar-refractivity contribution in [2.75, 3.05) is 6.54 Å². The minimum Gasteiger partial charge on any atom is -0.334 e. The summed E-state index contributed by atoms with van der Waals surface area (Å²) in [4.78, 5) is 15.5. The van der Waals surface area contributed by atoms with Crippen LogP contribution in [0.5, 0.6) is 0 Å². The fourth-order valence-corrected chi connectivity index (χ4v) is 2.80. The van der Waals surface area contributed by atoms with E-state index in [-0.39, 0.29) is 18.5 Å². The molecule has 0 spiro atoms. The molecule has 1 aliphatic heterocycles. The predicted molar refractivity (Wildman–Crippen MR) is 73.0 cm³/mol. The third-order valence-corrected chi connectivity index (χ3v) is 3.71. The van der Waals surface area contributed by atoms with E-state index < -0.39 is 0 Å². The minimum atomic E-state index is 0.00507. The molecule has 0 saturated carbocycles. The van der Waals surface area contributed by atoms with E-state index in [4.69, 9.17) is 11.6 Å². The fraction of sp³-hybridized carbons (Fsp3) is 0.385. The maximum atomic E-state index is 12.3. The zero-order valence-electron chi connectivity index (χ0n) is 10.8. The van der Waals surface area contributed by atoms with Gasteiger partial charge in [-0.15, -0.1) is 10.2 Å². The van der Waals surface area contributed by atoms with E-state index in [0.29, 0.717) is 5.02 Å². The van der Waals surface area contributed by atoms with Crippen LogP contribution in [0.3, 0.4) is 0 Å². The van der Waals surface area contributed by atoms with Crippen LogP contribution in [0.1, 0.15) is 24.4 Å². The summed E-state index contributed by atoms with van der Waals surface area (Å²) in [6, 6.07) is 7.77. The second-order valence-electron chi connectivity index (χ2n) is 4.77. The Morgan fingerprint density at radius 2 is 2.35 bits per heavy atom. The standard InChI is InChI=1S/C13H14ClN5O/c14-11-4-1-3-10(7-11)12-5-2-6-18(12)13(20)8-19-16-9-15-17-19/h1,3-4,7,9,12H,2,5-6,8H2. The lowest BCUT2D eigenvalue weighted by Crippen LogP contribution is -2.34. The van der Waals surface area contributed by atoms with Crippen LogP contribution in [0.4, 0.5) is 0 Å². The SMILES string of the molecule is O=C(Cn1ncnn1)N1CCCC1c1cccc(Cl)c1. The number of carbonyl (C=O) groups excluding carboxylic acids is 1. The van der Waals surface area contributed by atoms with Gasteiger partial charge in [-0.3, -0.25) is 4.79 Å². The molecule has 2 heterocycles. The van der Waals surface area contributed by atoms with E-state index >= 15 is 0 Å². The van der Waals surface area contributed by atoms with Crippen molar-refractivity contribution in [1.29, 1.82) is 0 Å². The molecule has 7 heteroatoms. The molecule has 0 N–H and O–H groups in total. The van der Waals surface area contributed by atoms with Gasteiger partial charge in [0.05, 0.1) is 6.04 Å². The van der Waals surface area contributed by atoms with Crippen LogP contribution in [0.15, 0.2) is 30.6 Å². The third kappa shape index (κ3) is 2.65. The number of nitrogens with zero attached hydrogens (tertiary/aromatic N) is 5. The molecule has 3 rings (SSSR count). The summed E-state index contributed by atoms with van der Waals surface area (Å²) in [5.74, 6) is 0.00507. The van der Waals surface area contributed by atoms with Crippen LogP contribution >= 0.6 is 11.6 Å². The highest BCUT2D eigenvalue weighted by molar-refractivity contribution is 6.30. The van der Waals surface area contributed by atoms with Gasteiger partial charge in [-0.2, -0.15) is 4.80 Å². The average molecular weight is 292 g/mol. The van der Waals surface area contributed by atoms with Gasteiger partial charge in [0.1, 0.15) is 6.54 Å². The molecule has 1 aliphatic rings. The molecule has 104 valence electrons. The molecule has 1 aromatic carbocycles. The van der Waals surface area contributed by atoms with Crippen molar-refractivity contribution >= 4 is 17.5 Å². The van der Waals surface area contributed by atoms with E-state index in [1.54, 1.807) is 0 Å². The van der Waals surface area contributed by atoms with Crippen molar-refractivity contribution in [3.8, 4) is 0 Å². The number of carbonyl (C=O) groups is 1. The van der Waals surface area contributed by atoms with Crippen molar-refractivity contribution in [1.82, 2.24) is 25.1 Å². The number of amides is 1. The van der Waals surface area contributed by atoms with Crippen LogP contribution in [-0.4, -0.2) is 37.6 Å². The van der Waals surface area contributed by atoms with Gasteiger partial charge in [-0.1, -0.05) is 23.7 Å². The summed E-state index contributed by atoms with van der Waals surface area (Å²) in [7, 11) is 0. The first-order valence-electron chi connectivity index (χ1n) is 6.50. The van der Waals surface area contributed by atoms with Crippen molar-refractivity contribution < 1.29 is 4.79 Å². The topological polar surface area (TPSA) is 63.9 Å². The van der Waals surface area contributed by atoms with Gasteiger partial charge < -0.3 is 4.90 Å². The average Bonchev–Trinajstić information content (AvgIpc) is 3.09. The highest BCUT2D eigenvalue weighted by atomic mass is 35.5. The summed E-state index contributed by atoms with van der Waals surface area (Å²) in [5.41, 5.74) is 1.08. The lowest BCUT2D eigenvalue weighted by atomic mass is 10.0. The second-order valence-corrected chi connectivity index (χ2v) is 5.20. The Hall–Kier alpha value is -1.95. The Bertz CT molecular complexity index is 601. The van der Waals surface area contributed by atoms with Gasteiger partial charge in [0.2, 0.25) is 5.91 Å². The van der Waals surface area contributed by atoms with E-state index in [9.17, 15) is 4.79 Å². The van der Waals surface area contributed by atoms with E-state index in [0.717, 1.165) is 24.9 Å². The first-order chi connectivity index (χ1) is 9.74. The van der Waals surface area contributed by atoms with Crippen LogP contribution in [-0.2, 0) is 11.3 Å². The van der Waals surface area contributed by atoms with Crippen LogP contribution in [0.25, 0.3) is 0 Å². The number of tetrazole rings is 1. The van der Waals surface area contributed by atoms with Gasteiger partial charge >= 0.3 is 0 Å². The molecule has 1 amide bonds. The lowest BCUT2D eigenvalue weighted by molar-refractivity contribution is -0.133. The van der Waals surface area contributed by atoms with E-state index in [1.807, 2.05) is 29.2 Å². The fourth-order valence-electron chi connectivity index (χ4n) is 2.60. The number of likely N-dealkylation sites (tertiary alicyclic amines) is 1. The summed E-state index contributed by atoms with van der Waals surface area (Å²) in [6.45, 7) is 0.877. The molecule has 0 radical (unpaired) electrons. The van der Waals surface area contributed by atoms with Crippen molar-refractivity contribution in [3.63, 3.8) is 0 Å². The van der Waals surface area contributed by atoms with Crippen molar-refractivity contribution in [2.45, 2.75) is 25.4 Å². The smallest absolute Gasteiger partial charge is 0.246 e. The number of halogens is 1. The van der Waals surface area contributed by atoms with Gasteiger partial charge in [-0.25, -0.2) is 0 Å². The molecule has 1 unspecified atom stereocenters. The Kier molecular flexibility index (Phi) is 3.64. The molecule has 0 bridgehead atoms. The zero-order chi connectivity index (χ0) is 13.9. The van der Waals surface area contributed by atoms with E-state index in [2.05, 4.69) is 15.4 Å². The third-order valence-electron chi connectivity index (χ3n) is 3.47. The van der Waals surface area contributed by atoms with Gasteiger partial charge in [0, 0.05) is 11.6 Å². The lowest BCUT2D eigenvalue weighted by Gasteiger charge is -2.25. The predicted octanol–water partition coefficient (Wildman–Crippen LogP) is 1.69. The van der Waals surface area contributed by atoms with E-state index in [1.165, 1.54) is 11.1 Å². The van der Waals surface area contributed by atoms with Gasteiger partial charge in [0.25, 0.3) is 0 Å². The first-order valence-corrected chi connectivity index (χ1v) is 6.87. The van der Waals surface area contributed by atoms with Gasteiger partial charge in [-0.05, 0) is 35.8 Å². The quantitative estimate of drug-likeness (QED) is 0.863. The molecule has 1 saturated heterocycles. The Balaban J connectivity index is 1.77.